The molecule has 12 heteroatoms. The van der Waals surface area contributed by atoms with Crippen molar-refractivity contribution < 1.29 is 53.7 Å². The molecule has 0 aromatic rings. The Morgan fingerprint density at radius 1 is 0.377 bits per heavy atom. The van der Waals surface area contributed by atoms with E-state index in [1.54, 1.807) is 0 Å². The van der Waals surface area contributed by atoms with Crippen LogP contribution in [0.15, 0.2) is 0 Å². The summed E-state index contributed by atoms with van der Waals surface area (Å²) in [4.78, 5) is 0. The summed E-state index contributed by atoms with van der Waals surface area (Å²) in [7, 11) is 0. The molecule has 0 amide bonds. The minimum absolute atomic E-state index is 0.0401. The molecule has 3 rings (SSSR count). The molecule has 0 aromatic heterocycles. The van der Waals surface area contributed by atoms with Crippen molar-refractivity contribution >= 4 is 0 Å². The zero-order valence-electron chi connectivity index (χ0n) is 32.6. The lowest BCUT2D eigenvalue weighted by Crippen LogP contribution is -2.67. The average Bonchev–Trinajstić information content (AvgIpc) is 3.09. The molecule has 0 bridgehead atoms. The van der Waals surface area contributed by atoms with Gasteiger partial charge in [0.1, 0.15) is 0 Å². The van der Waals surface area contributed by atoms with Crippen LogP contribution in [0.4, 0.5) is 39.5 Å². The van der Waals surface area contributed by atoms with Crippen LogP contribution < -0.4 is 0 Å². The van der Waals surface area contributed by atoms with Crippen molar-refractivity contribution in [1.29, 1.82) is 0 Å². The largest absolute Gasteiger partial charge is 0.417 e. The fraction of sp³-hybridized carbons (Fsp3) is 1.00. The average molecular weight is 781 g/mol. The van der Waals surface area contributed by atoms with Crippen molar-refractivity contribution in [2.45, 2.75) is 254 Å². The summed E-state index contributed by atoms with van der Waals surface area (Å²) in [6.07, 6.45) is -5.00. The van der Waals surface area contributed by atoms with Gasteiger partial charge in [0.2, 0.25) is 0 Å². The van der Waals surface area contributed by atoms with E-state index >= 15 is 39.5 Å². The van der Waals surface area contributed by atoms with Crippen LogP contribution in [0.5, 0.6) is 0 Å². The number of ether oxygens (including phenoxy) is 3. The molecule has 1 atom stereocenters. The number of hydrogen-bond donors (Lipinski definition) is 0. The Kier molecular flexibility index (Phi) is 18.6. The molecule has 1 unspecified atom stereocenters. The highest BCUT2D eigenvalue weighted by Crippen LogP contribution is 2.57. The van der Waals surface area contributed by atoms with E-state index in [4.69, 9.17) is 14.2 Å². The van der Waals surface area contributed by atoms with E-state index < -0.39 is 85.7 Å². The highest BCUT2D eigenvalue weighted by Gasteiger charge is 2.70. The summed E-state index contributed by atoms with van der Waals surface area (Å²) < 4.78 is 157. The maximum atomic E-state index is 15.4. The van der Waals surface area contributed by atoms with E-state index in [0.29, 0.717) is 44.9 Å². The Morgan fingerprint density at radius 3 is 0.868 bits per heavy atom. The Bertz CT molecular complexity index is 899. The second-order valence-corrected chi connectivity index (χ2v) is 16.6. The normalized spacial score (nSPS) is 21.8. The van der Waals surface area contributed by atoms with Crippen molar-refractivity contribution in [3.63, 3.8) is 0 Å². The molecule has 0 aliphatic heterocycles. The fourth-order valence-corrected chi connectivity index (χ4v) is 9.02. The second-order valence-electron chi connectivity index (χ2n) is 16.6. The summed E-state index contributed by atoms with van der Waals surface area (Å²) in [5.41, 5.74) is -9.02. The third-order valence-corrected chi connectivity index (χ3v) is 12.4. The molecule has 0 saturated heterocycles. The van der Waals surface area contributed by atoms with Gasteiger partial charge in [0.05, 0.1) is 0 Å². The van der Waals surface area contributed by atoms with Crippen molar-refractivity contribution in [1.82, 2.24) is 0 Å². The topological polar surface area (TPSA) is 27.7 Å². The summed E-state index contributed by atoms with van der Waals surface area (Å²) in [5, 5.41) is 0. The molecular formula is C41H69F9O3. The van der Waals surface area contributed by atoms with E-state index in [1.807, 2.05) is 0 Å². The molecule has 3 aliphatic carbocycles. The van der Waals surface area contributed by atoms with Crippen molar-refractivity contribution in [3.8, 4) is 0 Å². The van der Waals surface area contributed by atoms with Crippen molar-refractivity contribution in [2.24, 2.45) is 5.92 Å². The third kappa shape index (κ3) is 12.9. The van der Waals surface area contributed by atoms with Crippen molar-refractivity contribution in [2.75, 3.05) is 0 Å². The zero-order valence-corrected chi connectivity index (χ0v) is 32.6. The molecular weight excluding hydrogens is 711 g/mol. The van der Waals surface area contributed by atoms with E-state index in [0.717, 1.165) is 64.2 Å². The smallest absolute Gasteiger partial charge is 0.311 e. The van der Waals surface area contributed by atoms with Crippen LogP contribution in [-0.2, 0) is 14.2 Å². The Hall–Kier alpha value is -0.750. The molecule has 314 valence electrons. The lowest BCUT2D eigenvalue weighted by Gasteiger charge is -2.55. The molecule has 0 N–H and O–H groups in total. The minimum Gasteiger partial charge on any atom is -0.311 e. The maximum Gasteiger partial charge on any atom is 0.417 e. The first-order valence-electron chi connectivity index (χ1n) is 21.3. The van der Waals surface area contributed by atoms with Gasteiger partial charge in [-0.1, -0.05) is 162 Å². The van der Waals surface area contributed by atoms with Gasteiger partial charge in [-0.25, -0.2) is 0 Å². The Balaban J connectivity index is 2.22. The van der Waals surface area contributed by atoms with Gasteiger partial charge in [-0.05, 0) is 51.4 Å². The predicted molar refractivity (Wildman–Crippen MR) is 190 cm³/mol. The fourth-order valence-electron chi connectivity index (χ4n) is 9.02. The molecule has 0 aromatic carbocycles. The van der Waals surface area contributed by atoms with Gasteiger partial charge in [0.25, 0.3) is 5.97 Å². The van der Waals surface area contributed by atoms with Crippen LogP contribution in [0.2, 0.25) is 0 Å². The number of rotatable bonds is 23. The first kappa shape index (κ1) is 46.6. The summed E-state index contributed by atoms with van der Waals surface area (Å²) in [6.45, 7) is 4.18. The highest BCUT2D eigenvalue weighted by atomic mass is 19.4. The zero-order chi connectivity index (χ0) is 39.1. The predicted octanol–water partition coefficient (Wildman–Crippen LogP) is 15.4. The van der Waals surface area contributed by atoms with E-state index in [2.05, 4.69) is 13.8 Å². The molecule has 3 saturated carbocycles. The molecule has 53 heavy (non-hydrogen) atoms. The molecule has 0 radical (unpaired) electrons. The Labute approximate surface area is 313 Å². The monoisotopic (exact) mass is 781 g/mol. The van der Waals surface area contributed by atoms with Crippen LogP contribution in [0.25, 0.3) is 0 Å². The maximum absolute atomic E-state index is 15.4. The van der Waals surface area contributed by atoms with Gasteiger partial charge in [-0.2, -0.15) is 39.5 Å². The van der Waals surface area contributed by atoms with Crippen LogP contribution in [-0.4, -0.2) is 41.3 Å². The standard InChI is InChI=1S/C41H69F9O3/c1-3-5-7-9-11-12-14-19-27-34(26-18-13-10-8-6-4-2)38(51-35(39(42,43)44)28-20-15-21-29-35,52-36(40(45,46)47)30-22-16-23-31-36)53-37(41(48,49)50)32-24-17-25-33-37/h34H,3-33H2,1-2H3. The van der Waals surface area contributed by atoms with Gasteiger partial charge in [-0.15, -0.1) is 0 Å². The summed E-state index contributed by atoms with van der Waals surface area (Å²) in [5.74, 6) is -4.51. The first-order valence-corrected chi connectivity index (χ1v) is 21.3. The van der Waals surface area contributed by atoms with Gasteiger partial charge in [0.15, 0.2) is 16.8 Å². The number of hydrogen-bond acceptors (Lipinski definition) is 3. The van der Waals surface area contributed by atoms with E-state index in [9.17, 15) is 0 Å². The third-order valence-electron chi connectivity index (χ3n) is 12.4. The quantitative estimate of drug-likeness (QED) is 0.0587. The van der Waals surface area contributed by atoms with Gasteiger partial charge in [0, 0.05) is 5.92 Å². The minimum atomic E-state index is -5.08. The first-order chi connectivity index (χ1) is 25.0. The Morgan fingerprint density at radius 2 is 0.623 bits per heavy atom. The number of alkyl halides is 9. The van der Waals surface area contributed by atoms with E-state index in [-0.39, 0.29) is 51.4 Å². The number of halogens is 9. The lowest BCUT2D eigenvalue weighted by molar-refractivity contribution is -0.533. The number of unbranched alkanes of at least 4 members (excludes halogenated alkanes) is 12. The molecule has 0 spiro atoms. The lowest BCUT2D eigenvalue weighted by atomic mass is 9.81. The van der Waals surface area contributed by atoms with Crippen LogP contribution in [0.3, 0.4) is 0 Å². The second kappa shape index (κ2) is 21.1. The van der Waals surface area contributed by atoms with E-state index in [1.165, 1.54) is 0 Å². The summed E-state index contributed by atoms with van der Waals surface area (Å²) in [6, 6.07) is 0. The van der Waals surface area contributed by atoms with Crippen LogP contribution >= 0.6 is 0 Å². The van der Waals surface area contributed by atoms with Gasteiger partial charge >= 0.3 is 18.5 Å². The molecule has 3 fully saturated rings. The highest BCUT2D eigenvalue weighted by molar-refractivity contribution is 5.00. The molecule has 0 heterocycles. The van der Waals surface area contributed by atoms with Crippen LogP contribution in [0.1, 0.15) is 213 Å². The van der Waals surface area contributed by atoms with Gasteiger partial charge < -0.3 is 14.2 Å². The van der Waals surface area contributed by atoms with Crippen LogP contribution in [0, 0.1) is 5.92 Å². The molecule has 3 nitrogen and oxygen atoms in total. The van der Waals surface area contributed by atoms with Crippen molar-refractivity contribution in [3.05, 3.63) is 0 Å². The van der Waals surface area contributed by atoms with Gasteiger partial charge in [-0.3, -0.25) is 0 Å². The summed E-state index contributed by atoms with van der Waals surface area (Å²) >= 11 is 0. The SMILES string of the molecule is CCCCCCCCCCC(CCCCCCCC)C(OC1(C(F)(F)F)CCCCC1)(OC1(C(F)(F)F)CCCCC1)OC1(C(F)(F)F)CCCCC1. The molecule has 3 aliphatic rings.